The molecule has 0 saturated heterocycles. The van der Waals surface area contributed by atoms with Crippen molar-refractivity contribution in [2.75, 3.05) is 19.5 Å². The minimum Gasteiger partial charge on any atom is -0.383 e. The highest BCUT2D eigenvalue weighted by atomic mass is 32.2. The standard InChI is InChI=1S/C20H21FN2O2S2/c1-25-12-11-23-17-10-9-15(21)14-18(17)27-20(23)22-19(24)8-5-13-26-16-6-3-2-4-7-16/h2-4,6-7,9-10,14H,5,8,11-13H2,1H3. The van der Waals surface area contributed by atoms with Gasteiger partial charge < -0.3 is 9.30 Å². The molecule has 0 atom stereocenters. The van der Waals surface area contributed by atoms with Gasteiger partial charge in [-0.05, 0) is 42.5 Å². The maximum atomic E-state index is 13.5. The smallest absolute Gasteiger partial charge is 0.248 e. The molecule has 0 unspecified atom stereocenters. The number of hydrogen-bond donors (Lipinski definition) is 0. The Morgan fingerprint density at radius 1 is 1.26 bits per heavy atom. The monoisotopic (exact) mass is 404 g/mol. The van der Waals surface area contributed by atoms with E-state index in [0.29, 0.717) is 24.4 Å². The zero-order chi connectivity index (χ0) is 19.1. The van der Waals surface area contributed by atoms with Crippen molar-refractivity contribution in [3.63, 3.8) is 0 Å². The average Bonchev–Trinajstić information content (AvgIpc) is 3.00. The quantitative estimate of drug-likeness (QED) is 0.410. The van der Waals surface area contributed by atoms with Crippen molar-refractivity contribution in [2.45, 2.75) is 24.3 Å². The molecule has 0 spiro atoms. The molecule has 0 aliphatic carbocycles. The summed E-state index contributed by atoms with van der Waals surface area (Å²) in [7, 11) is 1.63. The van der Waals surface area contributed by atoms with Gasteiger partial charge in [0, 0.05) is 25.0 Å². The summed E-state index contributed by atoms with van der Waals surface area (Å²) < 4.78 is 21.4. The maximum absolute atomic E-state index is 13.5. The van der Waals surface area contributed by atoms with Crippen LogP contribution < -0.4 is 4.80 Å². The summed E-state index contributed by atoms with van der Waals surface area (Å²) in [5.74, 6) is 0.423. The molecule has 142 valence electrons. The predicted molar refractivity (Wildman–Crippen MR) is 109 cm³/mol. The van der Waals surface area contributed by atoms with Crippen LogP contribution in [0.1, 0.15) is 12.8 Å². The molecule has 1 aromatic heterocycles. The van der Waals surface area contributed by atoms with Crippen molar-refractivity contribution >= 4 is 39.2 Å². The molecular weight excluding hydrogens is 383 g/mol. The first-order valence-corrected chi connectivity index (χ1v) is 10.5. The highest BCUT2D eigenvalue weighted by molar-refractivity contribution is 7.99. The number of aromatic nitrogens is 1. The molecule has 2 aromatic carbocycles. The van der Waals surface area contributed by atoms with E-state index >= 15 is 0 Å². The summed E-state index contributed by atoms with van der Waals surface area (Å²) in [5.41, 5.74) is 0.865. The average molecular weight is 405 g/mol. The fourth-order valence-electron chi connectivity index (χ4n) is 2.62. The molecule has 0 aliphatic rings. The molecule has 3 rings (SSSR count). The second kappa shape index (κ2) is 9.82. The number of amides is 1. The molecular formula is C20H21FN2O2S2. The largest absolute Gasteiger partial charge is 0.383 e. The van der Waals surface area contributed by atoms with Gasteiger partial charge in [0.25, 0.3) is 0 Å². The Balaban J connectivity index is 1.69. The molecule has 27 heavy (non-hydrogen) atoms. The van der Waals surface area contributed by atoms with Gasteiger partial charge in [0.1, 0.15) is 5.82 Å². The van der Waals surface area contributed by atoms with Crippen molar-refractivity contribution in [1.29, 1.82) is 0 Å². The number of ether oxygens (including phenoxy) is 1. The number of benzene rings is 2. The zero-order valence-corrected chi connectivity index (χ0v) is 16.7. The van der Waals surface area contributed by atoms with Gasteiger partial charge in [-0.2, -0.15) is 4.99 Å². The number of fused-ring (bicyclic) bond motifs is 1. The lowest BCUT2D eigenvalue weighted by molar-refractivity contribution is -0.118. The van der Waals surface area contributed by atoms with Gasteiger partial charge in [0.05, 0.1) is 16.8 Å². The van der Waals surface area contributed by atoms with Crippen molar-refractivity contribution in [3.05, 3.63) is 59.1 Å². The van der Waals surface area contributed by atoms with Gasteiger partial charge >= 0.3 is 0 Å². The lowest BCUT2D eigenvalue weighted by Crippen LogP contribution is -2.19. The Hall–Kier alpha value is -1.96. The minimum absolute atomic E-state index is 0.151. The van der Waals surface area contributed by atoms with Crippen LogP contribution in [0.5, 0.6) is 0 Å². The first-order valence-electron chi connectivity index (χ1n) is 8.70. The van der Waals surface area contributed by atoms with E-state index in [4.69, 9.17) is 4.74 Å². The highest BCUT2D eigenvalue weighted by Gasteiger charge is 2.09. The summed E-state index contributed by atoms with van der Waals surface area (Å²) in [4.78, 5) is 18.4. The number of carbonyl (C=O) groups excluding carboxylic acids is 1. The molecule has 0 N–H and O–H groups in total. The molecule has 1 heterocycles. The van der Waals surface area contributed by atoms with Gasteiger partial charge in [-0.3, -0.25) is 4.79 Å². The van der Waals surface area contributed by atoms with E-state index in [-0.39, 0.29) is 11.7 Å². The molecule has 1 amide bonds. The third-order valence-electron chi connectivity index (χ3n) is 3.93. The van der Waals surface area contributed by atoms with Crippen molar-refractivity contribution < 1.29 is 13.9 Å². The molecule has 0 saturated carbocycles. The van der Waals surface area contributed by atoms with Crippen molar-refractivity contribution in [1.82, 2.24) is 4.57 Å². The Kier molecular flexibility index (Phi) is 7.20. The fourth-order valence-corrected chi connectivity index (χ4v) is 4.60. The number of thiazole rings is 1. The number of rotatable bonds is 8. The van der Waals surface area contributed by atoms with Crippen LogP contribution in [0.15, 0.2) is 58.4 Å². The van der Waals surface area contributed by atoms with Gasteiger partial charge in [0.15, 0.2) is 4.80 Å². The van der Waals surface area contributed by atoms with Gasteiger partial charge in [-0.15, -0.1) is 11.8 Å². The zero-order valence-electron chi connectivity index (χ0n) is 15.1. The van der Waals surface area contributed by atoms with E-state index in [1.54, 1.807) is 24.9 Å². The number of halogens is 1. The van der Waals surface area contributed by atoms with Crippen molar-refractivity contribution in [3.8, 4) is 0 Å². The number of thioether (sulfide) groups is 1. The fraction of sp³-hybridized carbons (Fsp3) is 0.300. The summed E-state index contributed by atoms with van der Waals surface area (Å²) >= 11 is 3.06. The Morgan fingerprint density at radius 2 is 2.07 bits per heavy atom. The van der Waals surface area contributed by atoms with E-state index in [1.165, 1.54) is 28.4 Å². The first kappa shape index (κ1) is 19.8. The molecule has 3 aromatic rings. The van der Waals surface area contributed by atoms with E-state index in [1.807, 2.05) is 22.8 Å². The van der Waals surface area contributed by atoms with Crippen LogP contribution in [0.3, 0.4) is 0 Å². The van der Waals surface area contributed by atoms with Gasteiger partial charge in [-0.1, -0.05) is 29.5 Å². The molecule has 0 aliphatic heterocycles. The topological polar surface area (TPSA) is 43.6 Å². The normalized spacial score (nSPS) is 12.0. The Morgan fingerprint density at radius 3 is 2.85 bits per heavy atom. The van der Waals surface area contributed by atoms with Crippen LogP contribution in [0.4, 0.5) is 4.39 Å². The second-order valence-electron chi connectivity index (χ2n) is 5.91. The van der Waals surface area contributed by atoms with Crippen LogP contribution in [0.2, 0.25) is 0 Å². The number of nitrogens with zero attached hydrogens (tertiary/aromatic N) is 2. The van der Waals surface area contributed by atoms with Crippen LogP contribution in [-0.2, 0) is 16.1 Å². The van der Waals surface area contributed by atoms with Crippen LogP contribution in [0.25, 0.3) is 10.2 Å². The number of carbonyl (C=O) groups is 1. The SMILES string of the molecule is COCCn1c(=NC(=O)CCCSc2ccccc2)sc2cc(F)ccc21. The van der Waals surface area contributed by atoms with Crippen LogP contribution >= 0.6 is 23.1 Å². The molecule has 4 nitrogen and oxygen atoms in total. The predicted octanol–water partition coefficient (Wildman–Crippen LogP) is 4.49. The Bertz CT molecular complexity index is 967. The number of hydrogen-bond acceptors (Lipinski definition) is 4. The maximum Gasteiger partial charge on any atom is 0.248 e. The van der Waals surface area contributed by atoms with Gasteiger partial charge in [0.2, 0.25) is 5.91 Å². The summed E-state index contributed by atoms with van der Waals surface area (Å²) in [5, 5.41) is 0. The van der Waals surface area contributed by atoms with E-state index in [2.05, 4.69) is 17.1 Å². The third-order valence-corrected chi connectivity index (χ3v) is 6.07. The minimum atomic E-state index is -0.293. The molecule has 7 heteroatoms. The second-order valence-corrected chi connectivity index (χ2v) is 8.09. The van der Waals surface area contributed by atoms with E-state index in [9.17, 15) is 9.18 Å². The third kappa shape index (κ3) is 5.51. The lowest BCUT2D eigenvalue weighted by atomic mass is 10.3. The van der Waals surface area contributed by atoms with Crippen LogP contribution in [-0.4, -0.2) is 29.9 Å². The molecule has 0 radical (unpaired) electrons. The number of methoxy groups -OCH3 is 1. The highest BCUT2D eigenvalue weighted by Crippen LogP contribution is 2.20. The van der Waals surface area contributed by atoms with Gasteiger partial charge in [-0.25, -0.2) is 4.39 Å². The van der Waals surface area contributed by atoms with Crippen molar-refractivity contribution in [2.24, 2.45) is 4.99 Å². The van der Waals surface area contributed by atoms with Crippen LogP contribution in [0, 0.1) is 5.82 Å². The summed E-state index contributed by atoms with van der Waals surface area (Å²) in [6.45, 7) is 1.07. The van der Waals surface area contributed by atoms with E-state index in [0.717, 1.165) is 22.4 Å². The summed E-state index contributed by atoms with van der Waals surface area (Å²) in [6, 6.07) is 14.7. The Labute approximate surface area is 165 Å². The van der Waals surface area contributed by atoms with E-state index < -0.39 is 0 Å². The summed E-state index contributed by atoms with van der Waals surface area (Å²) in [6.07, 6.45) is 1.16. The first-order chi connectivity index (χ1) is 13.2. The lowest BCUT2D eigenvalue weighted by Gasteiger charge is -2.04. The molecule has 0 bridgehead atoms. The molecule has 0 fully saturated rings.